The number of benzene rings is 2. The molecule has 0 aliphatic heterocycles. The molecule has 6 heteroatoms. The minimum absolute atomic E-state index is 0.237. The molecule has 2 N–H and O–H groups in total. The molecule has 0 saturated heterocycles. The fourth-order valence-corrected chi connectivity index (χ4v) is 2.90. The molecule has 0 aliphatic carbocycles. The van der Waals surface area contributed by atoms with Crippen LogP contribution in [-0.4, -0.2) is 24.7 Å². The second kappa shape index (κ2) is 6.60. The van der Waals surface area contributed by atoms with Gasteiger partial charge in [0.2, 0.25) is 0 Å². The van der Waals surface area contributed by atoms with E-state index in [-0.39, 0.29) is 5.75 Å². The minimum atomic E-state index is 0.237. The van der Waals surface area contributed by atoms with Gasteiger partial charge in [0.25, 0.3) is 0 Å². The number of hydrogen-bond donors (Lipinski definition) is 2. The van der Waals surface area contributed by atoms with Crippen LogP contribution in [0.15, 0.2) is 35.2 Å². The van der Waals surface area contributed by atoms with Gasteiger partial charge in [0.1, 0.15) is 22.5 Å². The lowest BCUT2D eigenvalue weighted by atomic mass is 10.0. The van der Waals surface area contributed by atoms with E-state index in [4.69, 9.17) is 4.55 Å². The predicted molar refractivity (Wildman–Crippen MR) is 92.4 cm³/mol. The third-order valence-corrected chi connectivity index (χ3v) is 4.25. The fourth-order valence-electron chi connectivity index (χ4n) is 2.60. The van der Waals surface area contributed by atoms with Crippen molar-refractivity contribution in [2.24, 2.45) is 0 Å². The van der Waals surface area contributed by atoms with E-state index in [1.54, 1.807) is 12.1 Å². The normalized spacial score (nSPS) is 11.3. The Labute approximate surface area is 139 Å². The number of aromatic hydroxyl groups is 1. The zero-order valence-electron chi connectivity index (χ0n) is 13.2. The summed E-state index contributed by atoms with van der Waals surface area (Å²) in [6.45, 7) is 4.13. The summed E-state index contributed by atoms with van der Waals surface area (Å²) in [5.74, 6) is 0.237. The second-order valence-corrected chi connectivity index (χ2v) is 6.28. The summed E-state index contributed by atoms with van der Waals surface area (Å²) in [5.41, 5.74) is 3.98. The standard InChI is InChI=1S/C17H19N3O2S/c1-3-4-5-12-8-11(2)9-16(17(12)21)20-18-14-7-6-13(23-22)10-15(14)19-20/h6-10,21-22H,3-5H2,1-2H3. The number of hydrogen-bond acceptors (Lipinski definition) is 5. The van der Waals surface area contributed by atoms with E-state index in [0.29, 0.717) is 28.1 Å². The van der Waals surface area contributed by atoms with Crippen LogP contribution in [0, 0.1) is 6.92 Å². The average Bonchev–Trinajstić information content (AvgIpc) is 2.97. The quantitative estimate of drug-likeness (QED) is 0.681. The first kappa shape index (κ1) is 15.8. The van der Waals surface area contributed by atoms with Gasteiger partial charge in [0, 0.05) is 16.9 Å². The largest absolute Gasteiger partial charge is 0.505 e. The van der Waals surface area contributed by atoms with Crippen LogP contribution in [0.5, 0.6) is 5.75 Å². The third kappa shape index (κ3) is 3.18. The topological polar surface area (TPSA) is 71.2 Å². The minimum Gasteiger partial charge on any atom is -0.505 e. The predicted octanol–water partition coefficient (Wildman–Crippen LogP) is 4.34. The summed E-state index contributed by atoms with van der Waals surface area (Å²) in [4.78, 5) is 2.18. The maximum absolute atomic E-state index is 10.6. The lowest BCUT2D eigenvalue weighted by Gasteiger charge is -2.10. The monoisotopic (exact) mass is 329 g/mol. The molecule has 1 heterocycles. The number of nitrogens with zero attached hydrogens (tertiary/aromatic N) is 3. The van der Waals surface area contributed by atoms with Gasteiger partial charge in [0.15, 0.2) is 0 Å². The van der Waals surface area contributed by atoms with Gasteiger partial charge in [-0.1, -0.05) is 19.4 Å². The van der Waals surface area contributed by atoms with Gasteiger partial charge in [-0.25, -0.2) is 0 Å². The fraction of sp³-hybridized carbons (Fsp3) is 0.294. The van der Waals surface area contributed by atoms with Crippen molar-refractivity contribution in [3.63, 3.8) is 0 Å². The SMILES string of the molecule is CCCCc1cc(C)cc(-n2nc3ccc(SO)cc3n2)c1O. The van der Waals surface area contributed by atoms with Crippen molar-refractivity contribution in [2.45, 2.75) is 38.0 Å². The molecule has 23 heavy (non-hydrogen) atoms. The lowest BCUT2D eigenvalue weighted by molar-refractivity contribution is 0.459. The molecule has 0 aliphatic rings. The number of phenols is 1. The van der Waals surface area contributed by atoms with Gasteiger partial charge in [-0.2, -0.15) is 0 Å². The van der Waals surface area contributed by atoms with E-state index < -0.39 is 0 Å². The zero-order valence-corrected chi connectivity index (χ0v) is 14.0. The van der Waals surface area contributed by atoms with Crippen LogP contribution < -0.4 is 0 Å². The number of aryl methyl sites for hydroxylation is 2. The molecule has 0 atom stereocenters. The highest BCUT2D eigenvalue weighted by Crippen LogP contribution is 2.29. The molecule has 0 bridgehead atoms. The first-order valence-corrected chi connectivity index (χ1v) is 8.41. The molecular weight excluding hydrogens is 310 g/mol. The Morgan fingerprint density at radius 1 is 1.13 bits per heavy atom. The molecule has 1 aromatic heterocycles. The van der Waals surface area contributed by atoms with Crippen molar-refractivity contribution in [1.29, 1.82) is 0 Å². The molecule has 120 valence electrons. The number of phenolic OH excluding ortho intramolecular Hbond substituents is 1. The Balaban J connectivity index is 2.08. The number of rotatable bonds is 5. The molecule has 0 radical (unpaired) electrons. The van der Waals surface area contributed by atoms with Crippen LogP contribution in [0.1, 0.15) is 30.9 Å². The van der Waals surface area contributed by atoms with Crippen LogP contribution in [0.3, 0.4) is 0 Å². The molecule has 0 amide bonds. The highest BCUT2D eigenvalue weighted by molar-refractivity contribution is 7.93. The molecule has 0 spiro atoms. The van der Waals surface area contributed by atoms with E-state index in [9.17, 15) is 5.11 Å². The summed E-state index contributed by atoms with van der Waals surface area (Å²) in [7, 11) is 0. The maximum Gasteiger partial charge on any atom is 0.146 e. The van der Waals surface area contributed by atoms with Crippen LogP contribution in [0.25, 0.3) is 16.7 Å². The van der Waals surface area contributed by atoms with Crippen LogP contribution in [0.4, 0.5) is 0 Å². The summed E-state index contributed by atoms with van der Waals surface area (Å²) in [6, 6.07) is 9.26. The zero-order chi connectivity index (χ0) is 16.4. The van der Waals surface area contributed by atoms with Crippen molar-refractivity contribution in [2.75, 3.05) is 0 Å². The number of unbranched alkanes of at least 4 members (excludes halogenated alkanes) is 1. The number of aromatic nitrogens is 3. The molecule has 2 aromatic carbocycles. The Hall–Kier alpha value is -2.05. The summed E-state index contributed by atoms with van der Waals surface area (Å²) in [6.07, 6.45) is 2.94. The van der Waals surface area contributed by atoms with Crippen LogP contribution >= 0.6 is 12.0 Å². The summed E-state index contributed by atoms with van der Waals surface area (Å²) in [5, 5.41) is 19.4. The van der Waals surface area contributed by atoms with Gasteiger partial charge < -0.3 is 9.66 Å². The van der Waals surface area contributed by atoms with Gasteiger partial charge >= 0.3 is 0 Å². The molecule has 3 rings (SSSR count). The van der Waals surface area contributed by atoms with E-state index in [2.05, 4.69) is 17.1 Å². The molecule has 0 fully saturated rings. The molecule has 5 nitrogen and oxygen atoms in total. The van der Waals surface area contributed by atoms with E-state index in [1.807, 2.05) is 25.1 Å². The Morgan fingerprint density at radius 2 is 1.91 bits per heavy atom. The van der Waals surface area contributed by atoms with Crippen molar-refractivity contribution >= 4 is 23.1 Å². The number of fused-ring (bicyclic) bond motifs is 1. The third-order valence-electron chi connectivity index (χ3n) is 3.79. The van der Waals surface area contributed by atoms with Gasteiger partial charge in [-0.05, 0) is 55.2 Å². The van der Waals surface area contributed by atoms with Crippen molar-refractivity contribution in [3.05, 3.63) is 41.5 Å². The highest BCUT2D eigenvalue weighted by Gasteiger charge is 2.13. The summed E-state index contributed by atoms with van der Waals surface area (Å²) >= 11 is 0.679. The van der Waals surface area contributed by atoms with Gasteiger partial charge in [0.05, 0.1) is 0 Å². The van der Waals surface area contributed by atoms with E-state index in [0.717, 1.165) is 35.9 Å². The second-order valence-electron chi connectivity index (χ2n) is 5.63. The first-order valence-electron chi connectivity index (χ1n) is 7.63. The van der Waals surface area contributed by atoms with Crippen molar-refractivity contribution < 1.29 is 9.66 Å². The van der Waals surface area contributed by atoms with Crippen molar-refractivity contribution in [3.8, 4) is 11.4 Å². The Kier molecular flexibility index (Phi) is 4.54. The Bertz CT molecular complexity index is 845. The lowest BCUT2D eigenvalue weighted by Crippen LogP contribution is -2.02. The molecule has 0 unspecified atom stereocenters. The molecular formula is C17H19N3O2S. The Morgan fingerprint density at radius 3 is 2.65 bits per heavy atom. The molecule has 0 saturated carbocycles. The van der Waals surface area contributed by atoms with Gasteiger partial charge in [-0.3, -0.25) is 0 Å². The molecule has 3 aromatic rings. The van der Waals surface area contributed by atoms with E-state index >= 15 is 0 Å². The first-order chi connectivity index (χ1) is 11.1. The average molecular weight is 329 g/mol. The van der Waals surface area contributed by atoms with Crippen LogP contribution in [-0.2, 0) is 6.42 Å². The smallest absolute Gasteiger partial charge is 0.146 e. The summed E-state index contributed by atoms with van der Waals surface area (Å²) < 4.78 is 9.14. The van der Waals surface area contributed by atoms with Gasteiger partial charge in [-0.15, -0.1) is 15.0 Å². The van der Waals surface area contributed by atoms with E-state index in [1.165, 1.54) is 4.80 Å². The maximum atomic E-state index is 10.6. The van der Waals surface area contributed by atoms with Crippen LogP contribution in [0.2, 0.25) is 0 Å². The highest BCUT2D eigenvalue weighted by atomic mass is 32.2. The van der Waals surface area contributed by atoms with Crippen molar-refractivity contribution in [1.82, 2.24) is 15.0 Å².